The number of nitrogens with zero attached hydrogens (tertiary/aromatic N) is 4. The maximum atomic E-state index is 5.86. The van der Waals surface area contributed by atoms with Crippen LogP contribution in [-0.2, 0) is 13.6 Å². The molecule has 0 atom stereocenters. The van der Waals surface area contributed by atoms with Crippen molar-refractivity contribution in [1.29, 1.82) is 0 Å². The zero-order chi connectivity index (χ0) is 11.5. The predicted octanol–water partition coefficient (Wildman–Crippen LogP) is 1.03. The highest BCUT2D eigenvalue weighted by Gasteiger charge is 2.09. The summed E-state index contributed by atoms with van der Waals surface area (Å²) in [5, 5.41) is 4.31. The highest BCUT2D eigenvalue weighted by molar-refractivity contribution is 5.61. The number of nitrogens with two attached hydrogens (primary N) is 1. The minimum atomic E-state index is 0.694. The molecule has 2 aromatic rings. The van der Waals surface area contributed by atoms with E-state index < -0.39 is 0 Å². The SMILES string of the molecule is CN(Cc1ccncc1)c1nn(C)cc1N. The van der Waals surface area contributed by atoms with Gasteiger partial charge in [0, 0.05) is 39.2 Å². The van der Waals surface area contributed by atoms with Crippen LogP contribution in [0.5, 0.6) is 0 Å². The second kappa shape index (κ2) is 4.22. The van der Waals surface area contributed by atoms with E-state index in [-0.39, 0.29) is 0 Å². The minimum Gasteiger partial charge on any atom is -0.394 e. The third-order valence-corrected chi connectivity index (χ3v) is 2.37. The van der Waals surface area contributed by atoms with E-state index in [1.807, 2.05) is 31.1 Å². The van der Waals surface area contributed by atoms with Gasteiger partial charge in [-0.15, -0.1) is 0 Å². The Bertz CT molecular complexity index is 462. The maximum Gasteiger partial charge on any atom is 0.173 e. The number of aromatic nitrogens is 3. The smallest absolute Gasteiger partial charge is 0.173 e. The van der Waals surface area contributed by atoms with Gasteiger partial charge in [0.2, 0.25) is 0 Å². The van der Waals surface area contributed by atoms with Gasteiger partial charge in [0.1, 0.15) is 0 Å². The van der Waals surface area contributed by atoms with Crippen molar-refractivity contribution in [3.05, 3.63) is 36.3 Å². The van der Waals surface area contributed by atoms with E-state index in [9.17, 15) is 0 Å². The van der Waals surface area contributed by atoms with Gasteiger partial charge in [0.15, 0.2) is 5.82 Å². The predicted molar refractivity (Wildman–Crippen MR) is 64.0 cm³/mol. The van der Waals surface area contributed by atoms with Crippen molar-refractivity contribution in [1.82, 2.24) is 14.8 Å². The van der Waals surface area contributed by atoms with Gasteiger partial charge in [-0.25, -0.2) is 0 Å². The Hall–Kier alpha value is -2.04. The Morgan fingerprint density at radius 3 is 2.62 bits per heavy atom. The normalized spacial score (nSPS) is 10.4. The first-order valence-electron chi connectivity index (χ1n) is 5.06. The first-order valence-corrected chi connectivity index (χ1v) is 5.06. The van der Waals surface area contributed by atoms with Crippen molar-refractivity contribution in [3.8, 4) is 0 Å². The van der Waals surface area contributed by atoms with Crippen LogP contribution in [-0.4, -0.2) is 21.8 Å². The van der Waals surface area contributed by atoms with Gasteiger partial charge in [0.25, 0.3) is 0 Å². The molecule has 0 radical (unpaired) electrons. The molecule has 2 aromatic heterocycles. The Morgan fingerprint density at radius 1 is 1.38 bits per heavy atom. The number of aryl methyl sites for hydroxylation is 1. The molecular formula is C11H15N5. The summed E-state index contributed by atoms with van der Waals surface area (Å²) in [5.41, 5.74) is 7.74. The van der Waals surface area contributed by atoms with E-state index in [2.05, 4.69) is 10.1 Å². The summed E-state index contributed by atoms with van der Waals surface area (Å²) in [7, 11) is 3.83. The molecular weight excluding hydrogens is 202 g/mol. The number of nitrogen functional groups attached to an aromatic ring is 1. The largest absolute Gasteiger partial charge is 0.394 e. The Morgan fingerprint density at radius 2 is 2.06 bits per heavy atom. The summed E-state index contributed by atoms with van der Waals surface area (Å²) in [4.78, 5) is 6.00. The number of rotatable bonds is 3. The molecule has 2 rings (SSSR count). The van der Waals surface area contributed by atoms with Crippen molar-refractivity contribution in [2.24, 2.45) is 7.05 Å². The van der Waals surface area contributed by atoms with Crippen molar-refractivity contribution < 1.29 is 0 Å². The highest BCUT2D eigenvalue weighted by Crippen LogP contribution is 2.20. The molecule has 0 aliphatic rings. The molecule has 0 fully saturated rings. The van der Waals surface area contributed by atoms with Crippen LogP contribution >= 0.6 is 0 Å². The summed E-state index contributed by atoms with van der Waals surface area (Å²) in [6, 6.07) is 3.96. The van der Waals surface area contributed by atoms with Crippen LogP contribution in [0.3, 0.4) is 0 Å². The fourth-order valence-electron chi connectivity index (χ4n) is 1.63. The van der Waals surface area contributed by atoms with Crippen LogP contribution in [0.2, 0.25) is 0 Å². The zero-order valence-electron chi connectivity index (χ0n) is 9.46. The quantitative estimate of drug-likeness (QED) is 0.834. The number of hydrogen-bond donors (Lipinski definition) is 1. The molecule has 2 heterocycles. The zero-order valence-corrected chi connectivity index (χ0v) is 9.46. The summed E-state index contributed by atoms with van der Waals surface area (Å²) in [6.45, 7) is 0.768. The van der Waals surface area contributed by atoms with Gasteiger partial charge in [-0.05, 0) is 17.7 Å². The fourth-order valence-corrected chi connectivity index (χ4v) is 1.63. The molecule has 0 bridgehead atoms. The third-order valence-electron chi connectivity index (χ3n) is 2.37. The van der Waals surface area contributed by atoms with Crippen LogP contribution in [0.15, 0.2) is 30.7 Å². The lowest BCUT2D eigenvalue weighted by atomic mass is 10.2. The Kier molecular flexibility index (Phi) is 2.76. The van der Waals surface area contributed by atoms with Crippen molar-refractivity contribution >= 4 is 11.5 Å². The van der Waals surface area contributed by atoms with Gasteiger partial charge in [-0.3, -0.25) is 9.67 Å². The lowest BCUT2D eigenvalue weighted by Crippen LogP contribution is -2.18. The van der Waals surface area contributed by atoms with Crippen molar-refractivity contribution in [2.75, 3.05) is 17.7 Å². The standard InChI is InChI=1S/C11H15N5/c1-15(7-9-3-5-13-6-4-9)11-10(12)8-16(2)14-11/h3-6,8H,7,12H2,1-2H3. The van der Waals surface area contributed by atoms with Gasteiger partial charge < -0.3 is 10.6 Å². The number of hydrogen-bond acceptors (Lipinski definition) is 4. The van der Waals surface area contributed by atoms with Crippen LogP contribution in [0.25, 0.3) is 0 Å². The molecule has 16 heavy (non-hydrogen) atoms. The molecule has 0 aromatic carbocycles. The fraction of sp³-hybridized carbons (Fsp3) is 0.273. The topological polar surface area (TPSA) is 60.0 Å². The number of pyridine rings is 1. The van der Waals surface area contributed by atoms with Gasteiger partial charge in [-0.1, -0.05) is 0 Å². The Balaban J connectivity index is 2.14. The molecule has 5 nitrogen and oxygen atoms in total. The highest BCUT2D eigenvalue weighted by atomic mass is 15.3. The average molecular weight is 217 g/mol. The molecule has 5 heteroatoms. The van der Waals surface area contributed by atoms with E-state index in [4.69, 9.17) is 5.73 Å². The lowest BCUT2D eigenvalue weighted by Gasteiger charge is -2.16. The van der Waals surface area contributed by atoms with Crippen LogP contribution in [0, 0.1) is 0 Å². The molecule has 0 amide bonds. The van der Waals surface area contributed by atoms with E-state index in [0.29, 0.717) is 5.69 Å². The maximum absolute atomic E-state index is 5.86. The molecule has 0 spiro atoms. The lowest BCUT2D eigenvalue weighted by molar-refractivity contribution is 0.752. The minimum absolute atomic E-state index is 0.694. The second-order valence-corrected chi connectivity index (χ2v) is 3.79. The summed E-state index contributed by atoms with van der Waals surface area (Å²) in [6.07, 6.45) is 5.37. The van der Waals surface area contributed by atoms with Crippen molar-refractivity contribution in [2.45, 2.75) is 6.54 Å². The second-order valence-electron chi connectivity index (χ2n) is 3.79. The molecule has 0 unspecified atom stereocenters. The molecule has 0 saturated heterocycles. The molecule has 2 N–H and O–H groups in total. The van der Waals surface area contributed by atoms with Crippen LogP contribution in [0.4, 0.5) is 11.5 Å². The van der Waals surface area contributed by atoms with E-state index in [0.717, 1.165) is 12.4 Å². The van der Waals surface area contributed by atoms with Gasteiger partial charge in [0.05, 0.1) is 5.69 Å². The molecule has 84 valence electrons. The molecule has 0 aliphatic heterocycles. The van der Waals surface area contributed by atoms with E-state index in [1.165, 1.54) is 5.56 Å². The summed E-state index contributed by atoms with van der Waals surface area (Å²) in [5.74, 6) is 0.805. The van der Waals surface area contributed by atoms with Crippen molar-refractivity contribution in [3.63, 3.8) is 0 Å². The Labute approximate surface area is 94.5 Å². The van der Waals surface area contributed by atoms with Gasteiger partial charge >= 0.3 is 0 Å². The first-order chi connectivity index (χ1) is 7.66. The summed E-state index contributed by atoms with van der Waals surface area (Å²) < 4.78 is 1.72. The van der Waals surface area contributed by atoms with E-state index in [1.54, 1.807) is 23.3 Å². The van der Waals surface area contributed by atoms with E-state index >= 15 is 0 Å². The third kappa shape index (κ3) is 2.13. The summed E-state index contributed by atoms with van der Waals surface area (Å²) >= 11 is 0. The first kappa shape index (κ1) is 10.5. The number of anilines is 2. The van der Waals surface area contributed by atoms with Gasteiger partial charge in [-0.2, -0.15) is 5.10 Å². The monoisotopic (exact) mass is 217 g/mol. The van der Waals surface area contributed by atoms with Crippen LogP contribution < -0.4 is 10.6 Å². The molecule has 0 aliphatic carbocycles. The average Bonchev–Trinajstić information content (AvgIpc) is 2.59. The van der Waals surface area contributed by atoms with Crippen LogP contribution in [0.1, 0.15) is 5.56 Å². The molecule has 0 saturated carbocycles.